The molecule has 3 amide bonds. The number of amides is 3. The number of carbonyl (C=O) groups excluding carboxylic acids is 3. The molecule has 5 nitrogen and oxygen atoms in total. The monoisotopic (exact) mass is 448 g/mol. The lowest BCUT2D eigenvalue weighted by Gasteiger charge is -2.20. The first-order chi connectivity index (χ1) is 14.8. The summed E-state index contributed by atoms with van der Waals surface area (Å²) >= 11 is 0.784. The number of hydrogen-bond acceptors (Lipinski definition) is 4. The normalized spacial score (nSPS) is 16.6. The average molecular weight is 448 g/mol. The van der Waals surface area contributed by atoms with Crippen LogP contribution in [-0.2, 0) is 9.59 Å². The number of hydrogen-bond donors (Lipinski definition) is 1. The lowest BCUT2D eigenvalue weighted by molar-refractivity contribution is -0.157. The molecule has 0 radical (unpaired) electrons. The molecule has 0 spiro atoms. The first-order valence-electron chi connectivity index (χ1n) is 9.44. The van der Waals surface area contributed by atoms with E-state index >= 15 is 0 Å². The van der Waals surface area contributed by atoms with Gasteiger partial charge in [-0.15, -0.1) is 0 Å². The van der Waals surface area contributed by atoms with E-state index in [9.17, 15) is 27.6 Å². The highest BCUT2D eigenvalue weighted by atomic mass is 32.2. The molecular formula is C22H19F3N2O3S. The fourth-order valence-electron chi connectivity index (χ4n) is 3.07. The Morgan fingerprint density at radius 2 is 1.65 bits per heavy atom. The van der Waals surface area contributed by atoms with Crippen LogP contribution in [0.25, 0.3) is 6.08 Å². The van der Waals surface area contributed by atoms with Gasteiger partial charge in [-0.3, -0.25) is 19.3 Å². The molecule has 0 aliphatic carbocycles. The van der Waals surface area contributed by atoms with Crippen LogP contribution in [0.3, 0.4) is 0 Å². The summed E-state index contributed by atoms with van der Waals surface area (Å²) in [7, 11) is 0. The van der Waals surface area contributed by atoms with Crippen molar-refractivity contribution < 1.29 is 27.6 Å². The highest BCUT2D eigenvalue weighted by molar-refractivity contribution is 8.18. The summed E-state index contributed by atoms with van der Waals surface area (Å²) in [6.45, 7) is -0.251. The van der Waals surface area contributed by atoms with Gasteiger partial charge in [0.1, 0.15) is 0 Å². The minimum atomic E-state index is -4.58. The van der Waals surface area contributed by atoms with Crippen molar-refractivity contribution in [2.75, 3.05) is 13.1 Å². The molecule has 1 fully saturated rings. The number of thioether (sulfide) groups is 1. The minimum absolute atomic E-state index is 0.00198. The largest absolute Gasteiger partial charge is 0.396 e. The summed E-state index contributed by atoms with van der Waals surface area (Å²) in [6.07, 6.45) is -3.76. The van der Waals surface area contributed by atoms with E-state index in [2.05, 4.69) is 5.32 Å². The molecule has 162 valence electrons. The standard InChI is InChI=1S/C22H19F3N2O3S/c23-22(24,25)17(16-9-5-2-6-10-16)14-19(28)26-11-12-27-20(29)18(31-21(27)30)13-15-7-3-1-4-8-15/h1-10,13,17H,11-12,14H2,(H,26,28)/b18-13+. The zero-order valence-corrected chi connectivity index (χ0v) is 17.1. The fraction of sp³-hybridized carbons (Fsp3) is 0.227. The Bertz CT molecular complexity index is 979. The second kappa shape index (κ2) is 9.82. The Morgan fingerprint density at radius 3 is 2.26 bits per heavy atom. The summed E-state index contributed by atoms with van der Waals surface area (Å²) in [6, 6.07) is 16.2. The van der Waals surface area contributed by atoms with E-state index in [4.69, 9.17) is 0 Å². The van der Waals surface area contributed by atoms with Crippen LogP contribution in [0.2, 0.25) is 0 Å². The topological polar surface area (TPSA) is 66.5 Å². The van der Waals surface area contributed by atoms with Crippen molar-refractivity contribution in [3.63, 3.8) is 0 Å². The first kappa shape index (κ1) is 22.6. The molecule has 1 unspecified atom stereocenters. The van der Waals surface area contributed by atoms with Gasteiger partial charge >= 0.3 is 6.18 Å². The maximum Gasteiger partial charge on any atom is 0.396 e. The van der Waals surface area contributed by atoms with Crippen molar-refractivity contribution in [3.8, 4) is 0 Å². The van der Waals surface area contributed by atoms with Crippen molar-refractivity contribution in [1.29, 1.82) is 0 Å². The van der Waals surface area contributed by atoms with Crippen LogP contribution in [-0.4, -0.2) is 41.2 Å². The van der Waals surface area contributed by atoms with Crippen LogP contribution in [0, 0.1) is 0 Å². The zero-order chi connectivity index (χ0) is 22.4. The van der Waals surface area contributed by atoms with Crippen molar-refractivity contribution >= 4 is 34.9 Å². The van der Waals surface area contributed by atoms with Gasteiger partial charge in [0, 0.05) is 19.5 Å². The van der Waals surface area contributed by atoms with Gasteiger partial charge in [-0.1, -0.05) is 60.7 Å². The summed E-state index contributed by atoms with van der Waals surface area (Å²) in [4.78, 5) is 37.9. The Kier molecular flexibility index (Phi) is 7.17. The van der Waals surface area contributed by atoms with Crippen LogP contribution in [0.15, 0.2) is 65.6 Å². The van der Waals surface area contributed by atoms with Crippen LogP contribution < -0.4 is 5.32 Å². The Labute approximate surface area is 181 Å². The van der Waals surface area contributed by atoms with Gasteiger partial charge in [0.05, 0.1) is 10.8 Å². The molecule has 2 aromatic rings. The van der Waals surface area contributed by atoms with Crippen molar-refractivity contribution in [2.45, 2.75) is 18.5 Å². The molecule has 2 aromatic carbocycles. The van der Waals surface area contributed by atoms with Crippen molar-refractivity contribution in [3.05, 3.63) is 76.7 Å². The highest BCUT2D eigenvalue weighted by Crippen LogP contribution is 2.37. The third-order valence-corrected chi connectivity index (χ3v) is 5.52. The number of halogens is 3. The van der Waals surface area contributed by atoms with Crippen LogP contribution >= 0.6 is 11.8 Å². The molecule has 1 saturated heterocycles. The SMILES string of the molecule is O=C(CC(c1ccccc1)C(F)(F)F)NCCN1C(=O)S/C(=C/c2ccccc2)C1=O. The van der Waals surface area contributed by atoms with Gasteiger partial charge in [-0.25, -0.2) is 0 Å². The van der Waals surface area contributed by atoms with E-state index in [0.29, 0.717) is 0 Å². The van der Waals surface area contributed by atoms with Crippen molar-refractivity contribution in [1.82, 2.24) is 10.2 Å². The van der Waals surface area contributed by atoms with E-state index in [-0.39, 0.29) is 23.6 Å². The van der Waals surface area contributed by atoms with Gasteiger partial charge in [-0.05, 0) is 29.0 Å². The number of nitrogens with one attached hydrogen (secondary N) is 1. The lowest BCUT2D eigenvalue weighted by atomic mass is 9.95. The van der Waals surface area contributed by atoms with Gasteiger partial charge in [0.2, 0.25) is 5.91 Å². The molecule has 3 rings (SSSR count). The molecule has 1 aliphatic heterocycles. The summed E-state index contributed by atoms with van der Waals surface area (Å²) in [5.74, 6) is -3.23. The van der Waals surface area contributed by atoms with Crippen LogP contribution in [0.4, 0.5) is 18.0 Å². The Morgan fingerprint density at radius 1 is 1.03 bits per heavy atom. The summed E-state index contributed by atoms with van der Waals surface area (Å²) < 4.78 is 40.1. The van der Waals surface area contributed by atoms with Gasteiger partial charge in [-0.2, -0.15) is 13.2 Å². The van der Waals surface area contributed by atoms with E-state index in [1.165, 1.54) is 24.3 Å². The maximum absolute atomic E-state index is 13.4. The molecule has 1 heterocycles. The van der Waals surface area contributed by atoms with E-state index in [0.717, 1.165) is 22.2 Å². The number of alkyl halides is 3. The van der Waals surface area contributed by atoms with E-state index in [1.54, 1.807) is 36.4 Å². The maximum atomic E-state index is 13.4. The lowest BCUT2D eigenvalue weighted by Crippen LogP contribution is -2.38. The number of nitrogens with zero attached hydrogens (tertiary/aromatic N) is 1. The average Bonchev–Trinajstić information content (AvgIpc) is 3.00. The molecule has 0 bridgehead atoms. The van der Waals surface area contributed by atoms with Gasteiger partial charge in [0.25, 0.3) is 11.1 Å². The second-order valence-electron chi connectivity index (χ2n) is 6.80. The predicted octanol–water partition coefficient (Wildman–Crippen LogP) is 4.58. The fourth-order valence-corrected chi connectivity index (χ4v) is 3.93. The van der Waals surface area contributed by atoms with Crippen LogP contribution in [0.1, 0.15) is 23.5 Å². The first-order valence-corrected chi connectivity index (χ1v) is 10.3. The number of imide groups is 1. The third kappa shape index (κ3) is 5.97. The minimum Gasteiger partial charge on any atom is -0.354 e. The Hall–Kier alpha value is -3.07. The van der Waals surface area contributed by atoms with E-state index in [1.807, 2.05) is 6.07 Å². The molecule has 1 N–H and O–H groups in total. The second-order valence-corrected chi connectivity index (χ2v) is 7.80. The smallest absolute Gasteiger partial charge is 0.354 e. The molecule has 0 saturated carbocycles. The third-order valence-electron chi connectivity index (χ3n) is 4.62. The van der Waals surface area contributed by atoms with Crippen LogP contribution in [0.5, 0.6) is 0 Å². The predicted molar refractivity (Wildman–Crippen MR) is 112 cm³/mol. The molecular weight excluding hydrogens is 429 g/mol. The summed E-state index contributed by atoms with van der Waals surface area (Å²) in [5, 5.41) is 1.89. The molecule has 9 heteroatoms. The Balaban J connectivity index is 1.56. The number of rotatable bonds is 7. The molecule has 1 aliphatic rings. The number of carbonyl (C=O) groups is 3. The van der Waals surface area contributed by atoms with E-state index < -0.39 is 35.6 Å². The highest BCUT2D eigenvalue weighted by Gasteiger charge is 2.42. The quantitative estimate of drug-likeness (QED) is 0.630. The van der Waals surface area contributed by atoms with Gasteiger partial charge in [0.15, 0.2) is 0 Å². The molecule has 0 aromatic heterocycles. The number of benzene rings is 2. The molecule has 1 atom stereocenters. The molecule has 31 heavy (non-hydrogen) atoms. The van der Waals surface area contributed by atoms with Gasteiger partial charge < -0.3 is 5.32 Å². The summed E-state index contributed by atoms with van der Waals surface area (Å²) in [5.41, 5.74) is 0.766. The van der Waals surface area contributed by atoms with Crippen molar-refractivity contribution in [2.24, 2.45) is 0 Å². The zero-order valence-electron chi connectivity index (χ0n) is 16.3.